The lowest BCUT2D eigenvalue weighted by atomic mass is 9.97. The van der Waals surface area contributed by atoms with Crippen molar-refractivity contribution in [3.05, 3.63) is 119 Å². The first kappa shape index (κ1) is 25.2. The Balaban J connectivity index is 1.30. The first-order valence-corrected chi connectivity index (χ1v) is 13.1. The van der Waals surface area contributed by atoms with Gasteiger partial charge in [0.25, 0.3) is 0 Å². The van der Waals surface area contributed by atoms with E-state index in [0.717, 1.165) is 33.0 Å². The van der Waals surface area contributed by atoms with Gasteiger partial charge in [-0.1, -0.05) is 84.9 Å². The molecule has 1 N–H and O–H groups in total. The number of fused-ring (bicyclic) bond motifs is 4. The molecule has 1 fully saturated rings. The summed E-state index contributed by atoms with van der Waals surface area (Å²) in [4.78, 5) is 0. The fourth-order valence-corrected chi connectivity index (χ4v) is 5.21. The van der Waals surface area contributed by atoms with E-state index in [4.69, 9.17) is 23.7 Å². The molecule has 2 bridgehead atoms. The third-order valence-electron chi connectivity index (χ3n) is 7.22. The van der Waals surface area contributed by atoms with Crippen LogP contribution >= 0.6 is 0 Å². The summed E-state index contributed by atoms with van der Waals surface area (Å²) < 4.78 is 31.5. The van der Waals surface area contributed by atoms with Crippen molar-refractivity contribution < 1.29 is 28.8 Å². The van der Waals surface area contributed by atoms with Crippen molar-refractivity contribution in [3.8, 4) is 0 Å². The molecule has 0 radical (unpaired) electrons. The second-order valence-electron chi connectivity index (χ2n) is 9.85. The summed E-state index contributed by atoms with van der Waals surface area (Å²) in [6, 6.07) is 32.5. The molecule has 5 atom stereocenters. The second-order valence-corrected chi connectivity index (χ2v) is 9.85. The van der Waals surface area contributed by atoms with Gasteiger partial charge in [-0.25, -0.2) is 0 Å². The van der Waals surface area contributed by atoms with E-state index < -0.39 is 30.7 Å². The molecular formula is C32H32O6. The molecule has 6 rings (SSSR count). The minimum absolute atomic E-state index is 0.258. The van der Waals surface area contributed by atoms with Crippen molar-refractivity contribution >= 4 is 10.8 Å². The molecule has 1 saturated heterocycles. The Morgan fingerprint density at radius 2 is 1.24 bits per heavy atom. The Morgan fingerprint density at radius 3 is 1.87 bits per heavy atom. The molecule has 0 aromatic heterocycles. The zero-order valence-corrected chi connectivity index (χ0v) is 21.1. The van der Waals surface area contributed by atoms with E-state index in [2.05, 4.69) is 24.3 Å². The predicted molar refractivity (Wildman–Crippen MR) is 143 cm³/mol. The molecule has 2 aliphatic rings. The molecule has 2 heterocycles. The normalized spacial score (nSPS) is 25.6. The third-order valence-corrected chi connectivity index (χ3v) is 7.22. The zero-order chi connectivity index (χ0) is 25.7. The largest absolute Gasteiger partial charge is 0.374 e. The van der Waals surface area contributed by atoms with Gasteiger partial charge in [0, 0.05) is 0 Å². The smallest absolute Gasteiger partial charge is 0.184 e. The lowest BCUT2D eigenvalue weighted by Gasteiger charge is -2.44. The Labute approximate surface area is 222 Å². The van der Waals surface area contributed by atoms with E-state index >= 15 is 0 Å². The quantitative estimate of drug-likeness (QED) is 0.386. The molecule has 0 spiro atoms. The molecule has 2 unspecified atom stereocenters. The fourth-order valence-electron chi connectivity index (χ4n) is 5.21. The minimum atomic E-state index is -1.18. The topological polar surface area (TPSA) is 66.4 Å². The van der Waals surface area contributed by atoms with Crippen LogP contribution in [0.15, 0.2) is 97.1 Å². The van der Waals surface area contributed by atoms with Crippen molar-refractivity contribution in [2.45, 2.75) is 57.1 Å². The molecule has 6 nitrogen and oxygen atoms in total. The molecule has 4 aromatic carbocycles. The van der Waals surface area contributed by atoms with Gasteiger partial charge in [0.15, 0.2) is 6.29 Å². The number of ether oxygens (including phenoxy) is 5. The average molecular weight is 513 g/mol. The van der Waals surface area contributed by atoms with Gasteiger partial charge in [-0.15, -0.1) is 0 Å². The van der Waals surface area contributed by atoms with Gasteiger partial charge in [0.05, 0.1) is 33.0 Å². The van der Waals surface area contributed by atoms with Gasteiger partial charge in [0.2, 0.25) is 0 Å². The standard InChI is InChI=1S/C32H32O6/c33-32-31(36-18-23-11-5-2-6-12-23)30-29(35-17-22-9-3-1-4-10-22)28(38-32)21-34-19-26-15-24-13-7-8-14-25(24)16-27(26)20-37-30/h1-16,28-33H,17-21H2/t28?,29-,30?,31+,32-/m1/s1. The van der Waals surface area contributed by atoms with Crippen molar-refractivity contribution in [2.75, 3.05) is 6.61 Å². The minimum Gasteiger partial charge on any atom is -0.374 e. The first-order chi connectivity index (χ1) is 18.7. The average Bonchev–Trinajstić information content (AvgIpc) is 2.95. The molecule has 0 saturated carbocycles. The highest BCUT2D eigenvalue weighted by atomic mass is 16.7. The van der Waals surface area contributed by atoms with Gasteiger partial charge in [-0.2, -0.15) is 0 Å². The Bertz CT molecular complexity index is 1330. The van der Waals surface area contributed by atoms with Crippen molar-refractivity contribution in [1.82, 2.24) is 0 Å². The van der Waals surface area contributed by atoms with Gasteiger partial charge in [0.1, 0.15) is 24.4 Å². The number of rotatable bonds is 6. The van der Waals surface area contributed by atoms with Gasteiger partial charge in [-0.05, 0) is 45.2 Å². The summed E-state index contributed by atoms with van der Waals surface area (Å²) in [5.41, 5.74) is 4.17. The van der Waals surface area contributed by atoms with E-state index in [1.54, 1.807) is 0 Å². The van der Waals surface area contributed by atoms with Crippen molar-refractivity contribution in [2.24, 2.45) is 0 Å². The molecule has 4 aromatic rings. The van der Waals surface area contributed by atoms with Crippen molar-refractivity contribution in [1.29, 1.82) is 0 Å². The van der Waals surface area contributed by atoms with E-state index in [1.165, 1.54) is 0 Å². The fraction of sp³-hybridized carbons (Fsp3) is 0.312. The van der Waals surface area contributed by atoms with Gasteiger partial charge in [-0.3, -0.25) is 0 Å². The summed E-state index contributed by atoms with van der Waals surface area (Å²) >= 11 is 0. The van der Waals surface area contributed by atoms with E-state index in [-0.39, 0.29) is 6.61 Å². The Morgan fingerprint density at radius 1 is 0.684 bits per heavy atom. The molecule has 196 valence electrons. The molecule has 6 heteroatoms. The molecule has 0 amide bonds. The maximum absolute atomic E-state index is 11.0. The number of aliphatic hydroxyl groups excluding tert-OH is 1. The van der Waals surface area contributed by atoms with E-state index in [1.807, 2.05) is 72.8 Å². The van der Waals surface area contributed by atoms with Crippen LogP contribution < -0.4 is 0 Å². The number of hydrogen-bond donors (Lipinski definition) is 1. The first-order valence-electron chi connectivity index (χ1n) is 13.1. The SMILES string of the molecule is O[C@@H]1OC2COCc3cc4ccccc4cc3COC([C@@H]2OCc2ccccc2)[C@@H]1OCc1ccccc1. The summed E-state index contributed by atoms with van der Waals surface area (Å²) in [6.07, 6.45) is -3.50. The number of aliphatic hydroxyl groups is 1. The third kappa shape index (κ3) is 5.66. The highest BCUT2D eigenvalue weighted by Gasteiger charge is 2.48. The molecule has 2 aliphatic heterocycles. The van der Waals surface area contributed by atoms with Gasteiger partial charge >= 0.3 is 0 Å². The maximum Gasteiger partial charge on any atom is 0.184 e. The van der Waals surface area contributed by atoms with Crippen LogP contribution in [0.3, 0.4) is 0 Å². The van der Waals surface area contributed by atoms with Crippen LogP contribution in [-0.4, -0.2) is 42.4 Å². The summed E-state index contributed by atoms with van der Waals surface area (Å²) in [5.74, 6) is 0. The zero-order valence-electron chi connectivity index (χ0n) is 21.1. The summed E-state index contributed by atoms with van der Waals surface area (Å²) in [7, 11) is 0. The van der Waals surface area contributed by atoms with Gasteiger partial charge < -0.3 is 28.8 Å². The van der Waals surface area contributed by atoms with Crippen LogP contribution in [0.4, 0.5) is 0 Å². The summed E-state index contributed by atoms with van der Waals surface area (Å²) in [5, 5.41) is 13.3. The highest BCUT2D eigenvalue weighted by Crippen LogP contribution is 2.32. The molecule has 0 aliphatic carbocycles. The van der Waals surface area contributed by atoms with E-state index in [9.17, 15) is 5.11 Å². The monoisotopic (exact) mass is 512 g/mol. The Hall–Kier alpha value is -3.10. The van der Waals surface area contributed by atoms with Crippen LogP contribution in [0.5, 0.6) is 0 Å². The number of benzene rings is 4. The van der Waals surface area contributed by atoms with Crippen LogP contribution in [0, 0.1) is 0 Å². The van der Waals surface area contributed by atoms with Crippen LogP contribution in [0.2, 0.25) is 0 Å². The lowest BCUT2D eigenvalue weighted by Crippen LogP contribution is -2.61. The maximum atomic E-state index is 11.0. The van der Waals surface area contributed by atoms with Crippen LogP contribution in [-0.2, 0) is 50.1 Å². The lowest BCUT2D eigenvalue weighted by molar-refractivity contribution is -0.318. The van der Waals surface area contributed by atoms with E-state index in [0.29, 0.717) is 26.4 Å². The summed E-state index contributed by atoms with van der Waals surface area (Å²) in [6.45, 7) is 1.72. The van der Waals surface area contributed by atoms with Crippen molar-refractivity contribution in [3.63, 3.8) is 0 Å². The predicted octanol–water partition coefficient (Wildman–Crippen LogP) is 5.14. The number of hydrogen-bond acceptors (Lipinski definition) is 6. The van der Waals surface area contributed by atoms with Crippen LogP contribution in [0.25, 0.3) is 10.8 Å². The highest BCUT2D eigenvalue weighted by molar-refractivity contribution is 5.84. The molecule has 38 heavy (non-hydrogen) atoms. The molecular weight excluding hydrogens is 480 g/mol. The van der Waals surface area contributed by atoms with Crippen LogP contribution in [0.1, 0.15) is 22.3 Å². The Kier molecular flexibility index (Phi) is 7.79. The second kappa shape index (κ2) is 11.7.